The maximum atomic E-state index is 11.7. The number of hydrogen-bond acceptors (Lipinski definition) is 2. The van der Waals surface area contributed by atoms with Crippen molar-refractivity contribution >= 4 is 27.5 Å². The Labute approximate surface area is 104 Å². The summed E-state index contributed by atoms with van der Waals surface area (Å²) in [5.74, 6) is 0.0745. The van der Waals surface area contributed by atoms with Gasteiger partial charge in [-0.15, -0.1) is 0 Å². The molecule has 1 unspecified atom stereocenters. The molecule has 2 N–H and O–H groups in total. The van der Waals surface area contributed by atoms with Gasteiger partial charge in [0.15, 0.2) is 0 Å². The number of carbonyl (C=O) groups excluding carboxylic acids is 1. The number of rotatable bonds is 4. The van der Waals surface area contributed by atoms with Crippen LogP contribution in [0.4, 0.5) is 5.69 Å². The molecule has 1 aliphatic rings. The molecule has 0 heterocycles. The van der Waals surface area contributed by atoms with Crippen molar-refractivity contribution in [1.29, 1.82) is 0 Å². The van der Waals surface area contributed by atoms with Crippen LogP contribution in [0, 0.1) is 0 Å². The molecule has 1 amide bonds. The van der Waals surface area contributed by atoms with Gasteiger partial charge in [-0.25, -0.2) is 0 Å². The van der Waals surface area contributed by atoms with Crippen molar-refractivity contribution in [3.8, 4) is 0 Å². The molecule has 1 aliphatic carbocycles. The van der Waals surface area contributed by atoms with Crippen LogP contribution in [0.25, 0.3) is 0 Å². The van der Waals surface area contributed by atoms with Gasteiger partial charge in [0.1, 0.15) is 6.04 Å². The molecule has 0 spiro atoms. The highest BCUT2D eigenvalue weighted by molar-refractivity contribution is 9.10. The normalized spacial score (nSPS) is 16.6. The van der Waals surface area contributed by atoms with Crippen LogP contribution in [0.2, 0.25) is 0 Å². The van der Waals surface area contributed by atoms with Crippen molar-refractivity contribution in [2.24, 2.45) is 0 Å². The van der Waals surface area contributed by atoms with Gasteiger partial charge >= 0.3 is 0 Å². The van der Waals surface area contributed by atoms with E-state index in [1.165, 1.54) is 0 Å². The maximum Gasteiger partial charge on any atom is 0.242 e. The van der Waals surface area contributed by atoms with Gasteiger partial charge in [-0.1, -0.05) is 15.9 Å². The quantitative estimate of drug-likeness (QED) is 0.891. The predicted octanol–water partition coefficient (Wildman–Crippen LogP) is 2.53. The smallest absolute Gasteiger partial charge is 0.242 e. The first kappa shape index (κ1) is 11.5. The van der Waals surface area contributed by atoms with E-state index < -0.39 is 0 Å². The van der Waals surface area contributed by atoms with Crippen LogP contribution in [0.3, 0.4) is 0 Å². The minimum absolute atomic E-state index is 0.0745. The van der Waals surface area contributed by atoms with Crippen molar-refractivity contribution < 1.29 is 4.79 Å². The zero-order valence-electron chi connectivity index (χ0n) is 9.16. The molecular formula is C12H15BrN2O. The molecule has 16 heavy (non-hydrogen) atoms. The van der Waals surface area contributed by atoms with Crippen molar-refractivity contribution in [1.82, 2.24) is 5.32 Å². The molecule has 0 saturated heterocycles. The Morgan fingerprint density at radius 3 is 2.56 bits per heavy atom. The molecule has 1 saturated carbocycles. The lowest BCUT2D eigenvalue weighted by Crippen LogP contribution is -2.38. The highest BCUT2D eigenvalue weighted by Crippen LogP contribution is 2.19. The second kappa shape index (κ2) is 4.87. The number of hydrogen-bond donors (Lipinski definition) is 2. The first-order valence-corrected chi connectivity index (χ1v) is 6.27. The Hall–Kier alpha value is -1.03. The van der Waals surface area contributed by atoms with Gasteiger partial charge in [-0.2, -0.15) is 0 Å². The minimum atomic E-state index is -0.193. The van der Waals surface area contributed by atoms with E-state index in [0.29, 0.717) is 6.04 Å². The monoisotopic (exact) mass is 282 g/mol. The highest BCUT2D eigenvalue weighted by Gasteiger charge is 2.25. The van der Waals surface area contributed by atoms with E-state index in [1.54, 1.807) is 0 Å². The molecule has 0 radical (unpaired) electrons. The van der Waals surface area contributed by atoms with Gasteiger partial charge in [0.25, 0.3) is 0 Å². The molecule has 1 aromatic rings. The molecule has 2 rings (SSSR count). The van der Waals surface area contributed by atoms with Crippen LogP contribution in [0.1, 0.15) is 19.8 Å². The third-order valence-electron chi connectivity index (χ3n) is 2.54. The lowest BCUT2D eigenvalue weighted by atomic mass is 10.2. The Bertz CT molecular complexity index is 373. The summed E-state index contributed by atoms with van der Waals surface area (Å²) < 4.78 is 1.04. The molecule has 0 aromatic heterocycles. The molecule has 1 aromatic carbocycles. The van der Waals surface area contributed by atoms with Gasteiger partial charge in [0, 0.05) is 16.2 Å². The number of halogens is 1. The molecule has 1 atom stereocenters. The lowest BCUT2D eigenvalue weighted by Gasteiger charge is -2.14. The van der Waals surface area contributed by atoms with Crippen LogP contribution in [0.15, 0.2) is 28.7 Å². The van der Waals surface area contributed by atoms with E-state index in [2.05, 4.69) is 26.6 Å². The summed E-state index contributed by atoms with van der Waals surface area (Å²) in [6.07, 6.45) is 2.24. The number of nitrogens with one attached hydrogen (secondary N) is 2. The van der Waals surface area contributed by atoms with Crippen LogP contribution in [-0.4, -0.2) is 18.0 Å². The minimum Gasteiger partial charge on any atom is -0.374 e. The third kappa shape index (κ3) is 3.23. The lowest BCUT2D eigenvalue weighted by molar-refractivity contribution is -0.121. The van der Waals surface area contributed by atoms with Crippen LogP contribution < -0.4 is 10.6 Å². The standard InChI is InChI=1S/C12H15BrN2O/c1-8(12(16)15-11-6-7-11)14-10-4-2-9(13)3-5-10/h2-5,8,11,14H,6-7H2,1H3,(H,15,16). The fraction of sp³-hybridized carbons (Fsp3) is 0.417. The zero-order valence-corrected chi connectivity index (χ0v) is 10.8. The first-order chi connectivity index (χ1) is 7.65. The van der Waals surface area contributed by atoms with E-state index in [4.69, 9.17) is 0 Å². The van der Waals surface area contributed by atoms with Crippen LogP contribution in [-0.2, 0) is 4.79 Å². The van der Waals surface area contributed by atoms with Crippen molar-refractivity contribution in [2.45, 2.75) is 31.8 Å². The van der Waals surface area contributed by atoms with E-state index in [-0.39, 0.29) is 11.9 Å². The molecular weight excluding hydrogens is 268 g/mol. The summed E-state index contributed by atoms with van der Waals surface area (Å²) in [4.78, 5) is 11.7. The number of amides is 1. The SMILES string of the molecule is CC(Nc1ccc(Br)cc1)C(=O)NC1CC1. The molecule has 4 heteroatoms. The van der Waals surface area contributed by atoms with Gasteiger partial charge in [0.05, 0.1) is 0 Å². The Morgan fingerprint density at radius 2 is 2.00 bits per heavy atom. The van der Waals surface area contributed by atoms with E-state index in [9.17, 15) is 4.79 Å². The van der Waals surface area contributed by atoms with Crippen LogP contribution in [0.5, 0.6) is 0 Å². The van der Waals surface area contributed by atoms with Gasteiger partial charge in [0.2, 0.25) is 5.91 Å². The van der Waals surface area contributed by atoms with Gasteiger partial charge in [-0.3, -0.25) is 4.79 Å². The van der Waals surface area contributed by atoms with Crippen LogP contribution >= 0.6 is 15.9 Å². The molecule has 86 valence electrons. The number of anilines is 1. The van der Waals surface area contributed by atoms with Gasteiger partial charge < -0.3 is 10.6 Å². The number of carbonyl (C=O) groups is 1. The second-order valence-corrected chi connectivity index (χ2v) is 5.07. The Kier molecular flexibility index (Phi) is 3.49. The zero-order chi connectivity index (χ0) is 11.5. The molecule has 3 nitrogen and oxygen atoms in total. The molecule has 0 bridgehead atoms. The largest absolute Gasteiger partial charge is 0.374 e. The fourth-order valence-corrected chi connectivity index (χ4v) is 1.68. The number of benzene rings is 1. The summed E-state index contributed by atoms with van der Waals surface area (Å²) in [7, 11) is 0. The summed E-state index contributed by atoms with van der Waals surface area (Å²) in [6.45, 7) is 1.87. The third-order valence-corrected chi connectivity index (χ3v) is 3.07. The average molecular weight is 283 g/mol. The van der Waals surface area contributed by atoms with E-state index in [1.807, 2.05) is 31.2 Å². The van der Waals surface area contributed by atoms with Crippen molar-refractivity contribution in [3.63, 3.8) is 0 Å². The Balaban J connectivity index is 1.87. The highest BCUT2D eigenvalue weighted by atomic mass is 79.9. The summed E-state index contributed by atoms with van der Waals surface area (Å²) >= 11 is 3.37. The first-order valence-electron chi connectivity index (χ1n) is 5.47. The van der Waals surface area contributed by atoms with E-state index in [0.717, 1.165) is 23.0 Å². The topological polar surface area (TPSA) is 41.1 Å². The van der Waals surface area contributed by atoms with Gasteiger partial charge in [-0.05, 0) is 44.0 Å². The van der Waals surface area contributed by atoms with Crippen molar-refractivity contribution in [2.75, 3.05) is 5.32 Å². The summed E-state index contributed by atoms with van der Waals surface area (Å²) in [6, 6.07) is 8.03. The van der Waals surface area contributed by atoms with E-state index >= 15 is 0 Å². The molecule has 0 aliphatic heterocycles. The van der Waals surface area contributed by atoms with Crippen molar-refractivity contribution in [3.05, 3.63) is 28.7 Å². The summed E-state index contributed by atoms with van der Waals surface area (Å²) in [5, 5.41) is 6.14. The Morgan fingerprint density at radius 1 is 1.38 bits per heavy atom. The second-order valence-electron chi connectivity index (χ2n) is 4.16. The predicted molar refractivity (Wildman–Crippen MR) is 68.4 cm³/mol. The molecule has 1 fully saturated rings. The average Bonchev–Trinajstić information content (AvgIpc) is 3.05. The fourth-order valence-electron chi connectivity index (χ4n) is 1.42. The maximum absolute atomic E-state index is 11.7. The summed E-state index contributed by atoms with van der Waals surface area (Å²) in [5.41, 5.74) is 0.960.